The molecule has 0 bridgehead atoms. The van der Waals surface area contributed by atoms with Gasteiger partial charge in [0.25, 0.3) is 11.8 Å². The van der Waals surface area contributed by atoms with Crippen LogP contribution in [0.1, 0.15) is 62.4 Å². The molecule has 3 aromatic rings. The maximum Gasteiger partial charge on any atom is 0.286 e. The van der Waals surface area contributed by atoms with Crippen LogP contribution in [0.5, 0.6) is 0 Å². The Morgan fingerprint density at radius 3 is 2.66 bits per heavy atom. The predicted octanol–water partition coefficient (Wildman–Crippen LogP) is 6.88. The first-order valence-corrected chi connectivity index (χ1v) is 12.6. The summed E-state index contributed by atoms with van der Waals surface area (Å²) in [5.74, 6) is -3.60. The number of carbonyl (C=O) groups excluding carboxylic acids is 1. The molecule has 0 unspecified atom stereocenters. The number of nitrogens with zero attached hydrogens (tertiary/aromatic N) is 3. The van der Waals surface area contributed by atoms with E-state index in [1.54, 1.807) is 6.07 Å². The number of pyridine rings is 2. The molecule has 0 fully saturated rings. The standard InChI is InChI=1S/C29H34F2N4O2.CH4/c1-6-37-12-11-35-18-28(3,4)16-24-25(35)13-21(17-33-24)23-15-22(8-7-19(23)2)34-27(36)20-9-10-32-26(14-20)29(5,30)31;/h7-10,13-15,17H,6,11-12,16,18H2,1-5H3,(H,34,36);1H4. The van der Waals surface area contributed by atoms with Crippen molar-refractivity contribution in [2.75, 3.05) is 36.5 Å². The molecule has 0 radical (unpaired) electrons. The number of nitrogens with one attached hydrogen (secondary N) is 1. The van der Waals surface area contributed by atoms with Crippen LogP contribution in [0, 0.1) is 12.3 Å². The second kappa shape index (κ2) is 11.6. The molecule has 0 saturated carbocycles. The van der Waals surface area contributed by atoms with E-state index in [9.17, 15) is 13.6 Å². The summed E-state index contributed by atoms with van der Waals surface area (Å²) in [4.78, 5) is 23.7. The Hall–Kier alpha value is -3.39. The molecule has 1 N–H and O–H groups in total. The highest BCUT2D eigenvalue weighted by atomic mass is 19.3. The Kier molecular flexibility index (Phi) is 8.87. The van der Waals surface area contributed by atoms with Crippen molar-refractivity contribution >= 4 is 17.3 Å². The van der Waals surface area contributed by atoms with Gasteiger partial charge in [-0.2, -0.15) is 8.78 Å². The van der Waals surface area contributed by atoms with Crippen LogP contribution < -0.4 is 10.2 Å². The van der Waals surface area contributed by atoms with Crippen molar-refractivity contribution in [3.8, 4) is 11.1 Å². The summed E-state index contributed by atoms with van der Waals surface area (Å²) >= 11 is 0. The van der Waals surface area contributed by atoms with E-state index in [0.29, 0.717) is 18.9 Å². The van der Waals surface area contributed by atoms with Crippen molar-refractivity contribution in [3.05, 3.63) is 71.3 Å². The van der Waals surface area contributed by atoms with Crippen LogP contribution in [0.4, 0.5) is 20.2 Å². The van der Waals surface area contributed by atoms with Gasteiger partial charge in [-0.1, -0.05) is 27.3 Å². The molecule has 1 amide bonds. The number of rotatable bonds is 8. The quantitative estimate of drug-likeness (QED) is 0.326. The third kappa shape index (κ3) is 6.72. The van der Waals surface area contributed by atoms with E-state index in [1.165, 1.54) is 12.3 Å². The maximum atomic E-state index is 13.7. The average molecular weight is 525 g/mol. The highest BCUT2D eigenvalue weighted by molar-refractivity contribution is 6.04. The number of carbonyl (C=O) groups is 1. The largest absolute Gasteiger partial charge is 0.380 e. The summed E-state index contributed by atoms with van der Waals surface area (Å²) in [5, 5.41) is 2.83. The molecule has 38 heavy (non-hydrogen) atoms. The van der Waals surface area contributed by atoms with E-state index >= 15 is 0 Å². The van der Waals surface area contributed by atoms with E-state index in [2.05, 4.69) is 35.1 Å². The van der Waals surface area contributed by atoms with Crippen LogP contribution >= 0.6 is 0 Å². The number of amides is 1. The van der Waals surface area contributed by atoms with E-state index in [1.807, 2.05) is 32.2 Å². The molecule has 6 nitrogen and oxygen atoms in total. The SMILES string of the molecule is C.CCOCCN1CC(C)(C)Cc2ncc(-c3cc(NC(=O)c4ccnc(C(C)(F)F)c4)ccc3C)cc21. The third-order valence-electron chi connectivity index (χ3n) is 6.54. The Morgan fingerprint density at radius 1 is 1.18 bits per heavy atom. The fraction of sp³-hybridized carbons (Fsp3) is 0.433. The molecular formula is C30H38F2N4O2. The van der Waals surface area contributed by atoms with E-state index in [-0.39, 0.29) is 18.4 Å². The average Bonchev–Trinajstić information content (AvgIpc) is 2.84. The first kappa shape index (κ1) is 29.2. The lowest BCUT2D eigenvalue weighted by Gasteiger charge is -2.40. The fourth-order valence-corrected chi connectivity index (χ4v) is 4.69. The van der Waals surface area contributed by atoms with Gasteiger partial charge in [0.1, 0.15) is 5.69 Å². The molecule has 0 aliphatic carbocycles. The van der Waals surface area contributed by atoms with Gasteiger partial charge in [0, 0.05) is 55.8 Å². The Labute approximate surface area is 224 Å². The number of hydrogen-bond donors (Lipinski definition) is 1. The molecule has 0 atom stereocenters. The molecule has 1 aromatic carbocycles. The zero-order chi connectivity index (χ0) is 26.8. The zero-order valence-corrected chi connectivity index (χ0v) is 22.1. The monoisotopic (exact) mass is 524 g/mol. The molecule has 2 aromatic heterocycles. The van der Waals surface area contributed by atoms with Gasteiger partial charge in [0.2, 0.25) is 0 Å². The van der Waals surface area contributed by atoms with Crippen LogP contribution in [-0.2, 0) is 17.1 Å². The van der Waals surface area contributed by atoms with Crippen LogP contribution in [0.15, 0.2) is 48.8 Å². The number of aryl methyl sites for hydroxylation is 1. The van der Waals surface area contributed by atoms with Crippen LogP contribution in [-0.4, -0.2) is 42.2 Å². The van der Waals surface area contributed by atoms with Crippen LogP contribution in [0.3, 0.4) is 0 Å². The number of alkyl halides is 2. The van der Waals surface area contributed by atoms with Gasteiger partial charge in [0.15, 0.2) is 0 Å². The van der Waals surface area contributed by atoms with Gasteiger partial charge in [-0.3, -0.25) is 14.8 Å². The molecule has 8 heteroatoms. The van der Waals surface area contributed by atoms with Gasteiger partial charge in [-0.15, -0.1) is 0 Å². The summed E-state index contributed by atoms with van der Waals surface area (Å²) in [6, 6.07) is 10.3. The first-order chi connectivity index (χ1) is 17.5. The van der Waals surface area contributed by atoms with Crippen LogP contribution in [0.25, 0.3) is 11.1 Å². The number of hydrogen-bond acceptors (Lipinski definition) is 5. The molecule has 4 rings (SSSR count). The van der Waals surface area contributed by atoms with Crippen molar-refractivity contribution in [1.29, 1.82) is 0 Å². The van der Waals surface area contributed by atoms with Crippen molar-refractivity contribution in [2.45, 2.75) is 54.4 Å². The first-order valence-electron chi connectivity index (χ1n) is 12.6. The van der Waals surface area contributed by atoms with Gasteiger partial charge >= 0.3 is 0 Å². The lowest BCUT2D eigenvalue weighted by molar-refractivity contribution is 0.0127. The normalized spacial score (nSPS) is 14.4. The van der Waals surface area contributed by atoms with Gasteiger partial charge in [-0.05, 0) is 67.1 Å². The molecule has 3 heterocycles. The molecule has 1 aliphatic rings. The number of halogens is 2. The summed E-state index contributed by atoms with van der Waals surface area (Å²) in [5.41, 5.74) is 5.47. The van der Waals surface area contributed by atoms with E-state index in [4.69, 9.17) is 9.72 Å². The topological polar surface area (TPSA) is 67.3 Å². The number of anilines is 2. The smallest absolute Gasteiger partial charge is 0.286 e. The number of benzene rings is 1. The number of ether oxygens (including phenoxy) is 1. The second-order valence-corrected chi connectivity index (χ2v) is 10.5. The predicted molar refractivity (Wildman–Crippen MR) is 149 cm³/mol. The van der Waals surface area contributed by atoms with Crippen molar-refractivity contribution in [1.82, 2.24) is 9.97 Å². The zero-order valence-electron chi connectivity index (χ0n) is 22.1. The molecular weight excluding hydrogens is 486 g/mol. The van der Waals surface area contributed by atoms with Gasteiger partial charge in [-0.25, -0.2) is 0 Å². The summed E-state index contributed by atoms with van der Waals surface area (Å²) in [6.07, 6.45) is 4.00. The highest BCUT2D eigenvalue weighted by Crippen LogP contribution is 2.38. The van der Waals surface area contributed by atoms with Crippen molar-refractivity contribution < 1.29 is 18.3 Å². The molecule has 1 aliphatic heterocycles. The van der Waals surface area contributed by atoms with Crippen LogP contribution in [0.2, 0.25) is 0 Å². The lowest BCUT2D eigenvalue weighted by Crippen LogP contribution is -2.42. The van der Waals surface area contributed by atoms with Crippen molar-refractivity contribution in [2.24, 2.45) is 5.41 Å². The highest BCUT2D eigenvalue weighted by Gasteiger charge is 2.31. The molecule has 0 spiro atoms. The lowest BCUT2D eigenvalue weighted by atomic mass is 9.83. The third-order valence-corrected chi connectivity index (χ3v) is 6.54. The number of aromatic nitrogens is 2. The molecule has 0 saturated heterocycles. The summed E-state index contributed by atoms with van der Waals surface area (Å²) < 4.78 is 33.0. The minimum atomic E-state index is -3.13. The minimum absolute atomic E-state index is 0. The molecule has 204 valence electrons. The van der Waals surface area contributed by atoms with Gasteiger partial charge in [0.05, 0.1) is 18.0 Å². The van der Waals surface area contributed by atoms with E-state index < -0.39 is 17.5 Å². The van der Waals surface area contributed by atoms with E-state index in [0.717, 1.165) is 60.6 Å². The Morgan fingerprint density at radius 2 is 1.95 bits per heavy atom. The van der Waals surface area contributed by atoms with Gasteiger partial charge < -0.3 is 15.0 Å². The summed E-state index contributed by atoms with van der Waals surface area (Å²) in [6.45, 7) is 12.3. The maximum absolute atomic E-state index is 13.7. The summed E-state index contributed by atoms with van der Waals surface area (Å²) in [7, 11) is 0. The Balaban J connectivity index is 0.00000400. The van der Waals surface area contributed by atoms with Crippen molar-refractivity contribution in [3.63, 3.8) is 0 Å². The minimum Gasteiger partial charge on any atom is -0.380 e. The number of fused-ring (bicyclic) bond motifs is 1. The fourth-order valence-electron chi connectivity index (χ4n) is 4.69. The Bertz CT molecular complexity index is 1290. The second-order valence-electron chi connectivity index (χ2n) is 10.5.